The molecule has 0 atom stereocenters. The molecule has 1 aliphatic rings. The van der Waals surface area contributed by atoms with Gasteiger partial charge in [-0.3, -0.25) is 4.79 Å². The maximum Gasteiger partial charge on any atom is 0.435 e. The second-order valence-electron chi connectivity index (χ2n) is 7.07. The van der Waals surface area contributed by atoms with Crippen LogP contribution in [0.15, 0.2) is 54.6 Å². The molecular weight excluding hydrogens is 447 g/mol. The van der Waals surface area contributed by atoms with Crippen molar-refractivity contribution in [3.63, 3.8) is 0 Å². The van der Waals surface area contributed by atoms with Crippen molar-refractivity contribution in [3.05, 3.63) is 70.9 Å². The van der Waals surface area contributed by atoms with E-state index < -0.39 is 11.9 Å². The summed E-state index contributed by atoms with van der Waals surface area (Å²) in [5.74, 6) is -0.301. The second kappa shape index (κ2) is 9.32. The van der Waals surface area contributed by atoms with Gasteiger partial charge in [0.25, 0.3) is 5.91 Å². The number of ether oxygens (including phenoxy) is 2. The first-order valence-electron chi connectivity index (χ1n) is 9.87. The third kappa shape index (κ3) is 4.95. The van der Waals surface area contributed by atoms with E-state index in [2.05, 4.69) is 10.4 Å². The van der Waals surface area contributed by atoms with Crippen LogP contribution in [0.25, 0.3) is 16.9 Å². The number of carbonyl (C=O) groups is 1. The summed E-state index contributed by atoms with van der Waals surface area (Å²) in [5, 5.41) is 6.76. The molecule has 10 heteroatoms. The molecule has 2 heterocycles. The van der Waals surface area contributed by atoms with Crippen LogP contribution in [0.4, 0.5) is 13.2 Å². The molecule has 1 aliphatic heterocycles. The first kappa shape index (κ1) is 22.3. The van der Waals surface area contributed by atoms with E-state index >= 15 is 0 Å². The van der Waals surface area contributed by atoms with E-state index in [9.17, 15) is 18.0 Å². The summed E-state index contributed by atoms with van der Waals surface area (Å²) in [6, 6.07) is 13.7. The Kier molecular flexibility index (Phi) is 6.50. The number of aromatic nitrogens is 2. The van der Waals surface area contributed by atoms with Crippen LogP contribution >= 0.6 is 11.6 Å². The predicted octanol–water partition coefficient (Wildman–Crippen LogP) is 4.70. The number of carbonyl (C=O) groups excluding carboxylic acids is 1. The van der Waals surface area contributed by atoms with Gasteiger partial charge in [0.2, 0.25) is 0 Å². The van der Waals surface area contributed by atoms with Gasteiger partial charge in [0, 0.05) is 24.1 Å². The van der Waals surface area contributed by atoms with Gasteiger partial charge in [-0.25, -0.2) is 4.68 Å². The Balaban J connectivity index is 1.56. The van der Waals surface area contributed by atoms with Crippen molar-refractivity contribution in [2.24, 2.45) is 0 Å². The molecule has 168 valence electrons. The molecule has 0 radical (unpaired) electrons. The Hall–Kier alpha value is -2.88. The lowest BCUT2D eigenvalue weighted by molar-refractivity contribution is -0.141. The number of halogens is 4. The van der Waals surface area contributed by atoms with Gasteiger partial charge < -0.3 is 14.8 Å². The highest BCUT2D eigenvalue weighted by molar-refractivity contribution is 6.32. The summed E-state index contributed by atoms with van der Waals surface area (Å²) in [6.45, 7) is 1.46. The van der Waals surface area contributed by atoms with Gasteiger partial charge in [0.1, 0.15) is 0 Å². The summed E-state index contributed by atoms with van der Waals surface area (Å²) in [6.07, 6.45) is -4.40. The molecule has 1 saturated heterocycles. The maximum atomic E-state index is 13.3. The monoisotopic (exact) mass is 465 g/mol. The van der Waals surface area contributed by atoms with E-state index in [0.29, 0.717) is 43.0 Å². The first-order valence-corrected chi connectivity index (χ1v) is 10.2. The average Bonchev–Trinajstić information content (AvgIpc) is 3.44. The molecule has 4 rings (SSSR count). The van der Waals surface area contributed by atoms with Crippen molar-refractivity contribution < 1.29 is 27.4 Å². The van der Waals surface area contributed by atoms with Crippen LogP contribution in [0.1, 0.15) is 22.5 Å². The third-order valence-electron chi connectivity index (χ3n) is 4.88. The topological polar surface area (TPSA) is 65.4 Å². The Morgan fingerprint density at radius 1 is 1.12 bits per heavy atom. The van der Waals surface area contributed by atoms with Gasteiger partial charge >= 0.3 is 6.18 Å². The molecule has 0 aliphatic carbocycles. The minimum absolute atomic E-state index is 0.202. The van der Waals surface area contributed by atoms with Crippen LogP contribution in [-0.4, -0.2) is 41.7 Å². The number of para-hydroxylation sites is 1. The SMILES string of the molecule is O=C(NCCC1OCCO1)c1ccc(-c2cc(C(F)(F)F)nn2-c2ccccc2Cl)cc1. The number of hydrogen-bond donors (Lipinski definition) is 1. The number of amides is 1. The van der Waals surface area contributed by atoms with Crippen LogP contribution in [0.5, 0.6) is 0 Å². The van der Waals surface area contributed by atoms with Crippen molar-refractivity contribution in [2.75, 3.05) is 19.8 Å². The van der Waals surface area contributed by atoms with Gasteiger partial charge in [-0.1, -0.05) is 35.9 Å². The summed E-state index contributed by atoms with van der Waals surface area (Å²) in [5.41, 5.74) is 0.315. The van der Waals surface area contributed by atoms with Crippen LogP contribution < -0.4 is 5.32 Å². The summed E-state index contributed by atoms with van der Waals surface area (Å²) in [7, 11) is 0. The number of benzene rings is 2. The van der Waals surface area contributed by atoms with Crippen LogP contribution in [-0.2, 0) is 15.7 Å². The van der Waals surface area contributed by atoms with E-state index in [4.69, 9.17) is 21.1 Å². The van der Waals surface area contributed by atoms with Gasteiger partial charge in [0.05, 0.1) is 29.6 Å². The highest BCUT2D eigenvalue weighted by Crippen LogP contribution is 2.34. The first-order chi connectivity index (χ1) is 15.3. The Labute approximate surface area is 186 Å². The summed E-state index contributed by atoms with van der Waals surface area (Å²) >= 11 is 6.19. The predicted molar refractivity (Wildman–Crippen MR) is 112 cm³/mol. The average molecular weight is 466 g/mol. The largest absolute Gasteiger partial charge is 0.435 e. The van der Waals surface area contributed by atoms with Gasteiger partial charge in [-0.05, 0) is 30.3 Å². The van der Waals surface area contributed by atoms with Gasteiger partial charge in [-0.15, -0.1) is 0 Å². The zero-order chi connectivity index (χ0) is 22.7. The Bertz CT molecular complexity index is 1090. The normalized spacial score (nSPS) is 14.6. The fourth-order valence-electron chi connectivity index (χ4n) is 3.30. The van der Waals surface area contributed by atoms with Crippen molar-refractivity contribution >= 4 is 17.5 Å². The van der Waals surface area contributed by atoms with Crippen molar-refractivity contribution in [3.8, 4) is 16.9 Å². The molecule has 0 unspecified atom stereocenters. The molecule has 0 bridgehead atoms. The zero-order valence-corrected chi connectivity index (χ0v) is 17.5. The molecule has 1 fully saturated rings. The lowest BCUT2D eigenvalue weighted by atomic mass is 10.1. The highest BCUT2D eigenvalue weighted by atomic mass is 35.5. The smallest absolute Gasteiger partial charge is 0.352 e. The molecule has 0 spiro atoms. The molecule has 1 aromatic heterocycles. The van der Waals surface area contributed by atoms with Crippen LogP contribution in [0.2, 0.25) is 5.02 Å². The molecule has 3 aromatic rings. The molecule has 1 amide bonds. The minimum atomic E-state index is -4.62. The fourth-order valence-corrected chi connectivity index (χ4v) is 3.52. The quantitative estimate of drug-likeness (QED) is 0.573. The molecule has 0 saturated carbocycles. The fraction of sp³-hybridized carbons (Fsp3) is 0.273. The van der Waals surface area contributed by atoms with Gasteiger partial charge in [0.15, 0.2) is 12.0 Å². The molecular formula is C22H19ClF3N3O3. The molecule has 2 aromatic carbocycles. The lowest BCUT2D eigenvalue weighted by Gasteiger charge is -2.11. The van der Waals surface area contributed by atoms with Crippen LogP contribution in [0, 0.1) is 0 Å². The van der Waals surface area contributed by atoms with E-state index in [-0.39, 0.29) is 22.9 Å². The number of hydrogen-bond acceptors (Lipinski definition) is 4. The number of alkyl halides is 3. The van der Waals surface area contributed by atoms with Gasteiger partial charge in [-0.2, -0.15) is 18.3 Å². The maximum absolute atomic E-state index is 13.3. The molecule has 6 nitrogen and oxygen atoms in total. The van der Waals surface area contributed by atoms with Crippen LogP contribution in [0.3, 0.4) is 0 Å². The minimum Gasteiger partial charge on any atom is -0.352 e. The zero-order valence-electron chi connectivity index (χ0n) is 16.7. The van der Waals surface area contributed by atoms with E-state index in [1.807, 2.05) is 0 Å². The Morgan fingerprint density at radius 2 is 1.81 bits per heavy atom. The lowest BCUT2D eigenvalue weighted by Crippen LogP contribution is -2.27. The van der Waals surface area contributed by atoms with Crippen molar-refractivity contribution in [1.29, 1.82) is 0 Å². The molecule has 1 N–H and O–H groups in total. The number of nitrogens with one attached hydrogen (secondary N) is 1. The Morgan fingerprint density at radius 3 is 2.47 bits per heavy atom. The molecule has 32 heavy (non-hydrogen) atoms. The van der Waals surface area contributed by atoms with Crippen molar-refractivity contribution in [2.45, 2.75) is 18.9 Å². The van der Waals surface area contributed by atoms with E-state index in [1.54, 1.807) is 48.5 Å². The van der Waals surface area contributed by atoms with Crippen molar-refractivity contribution in [1.82, 2.24) is 15.1 Å². The number of rotatable bonds is 6. The second-order valence-corrected chi connectivity index (χ2v) is 7.48. The summed E-state index contributed by atoms with van der Waals surface area (Å²) < 4.78 is 51.8. The van der Waals surface area contributed by atoms with E-state index in [1.165, 1.54) is 0 Å². The standard InChI is InChI=1S/C22H19ClF3N3O3/c23-16-3-1-2-4-17(16)29-18(13-19(28-29)22(24,25)26)14-5-7-15(8-6-14)21(30)27-10-9-20-31-11-12-32-20/h1-8,13,20H,9-12H2,(H,27,30). The highest BCUT2D eigenvalue weighted by Gasteiger charge is 2.35. The summed E-state index contributed by atoms with van der Waals surface area (Å²) in [4.78, 5) is 12.4. The third-order valence-corrected chi connectivity index (χ3v) is 5.20. The number of nitrogens with zero attached hydrogens (tertiary/aromatic N) is 2. The van der Waals surface area contributed by atoms with E-state index in [0.717, 1.165) is 10.7 Å².